The Morgan fingerprint density at radius 1 is 1.11 bits per heavy atom. The van der Waals surface area contributed by atoms with Crippen LogP contribution in [0.25, 0.3) is 0 Å². The molecular formula is C21H31N3O3. The van der Waals surface area contributed by atoms with Gasteiger partial charge in [-0.25, -0.2) is 0 Å². The van der Waals surface area contributed by atoms with Crippen LogP contribution in [-0.2, 0) is 20.0 Å². The van der Waals surface area contributed by atoms with Gasteiger partial charge in [0.1, 0.15) is 18.5 Å². The van der Waals surface area contributed by atoms with E-state index in [1.54, 1.807) is 0 Å². The monoisotopic (exact) mass is 373 g/mol. The third kappa shape index (κ3) is 6.06. The highest BCUT2D eigenvalue weighted by molar-refractivity contribution is 5.33. The van der Waals surface area contributed by atoms with Crippen LogP contribution < -0.4 is 4.74 Å². The summed E-state index contributed by atoms with van der Waals surface area (Å²) in [4.78, 5) is 2.34. The highest BCUT2D eigenvalue weighted by atomic mass is 16.5. The average Bonchev–Trinajstić information content (AvgIpc) is 3.08. The molecule has 0 aliphatic carbocycles. The highest BCUT2D eigenvalue weighted by Gasteiger charge is 2.19. The van der Waals surface area contributed by atoms with Gasteiger partial charge in [-0.1, -0.05) is 24.6 Å². The third-order valence-corrected chi connectivity index (χ3v) is 5.15. The van der Waals surface area contributed by atoms with E-state index in [-0.39, 0.29) is 6.61 Å². The second kappa shape index (κ2) is 9.88. The first kappa shape index (κ1) is 19.9. The Morgan fingerprint density at radius 2 is 1.96 bits per heavy atom. The summed E-state index contributed by atoms with van der Waals surface area (Å²) in [6.45, 7) is 2.65. The van der Waals surface area contributed by atoms with Gasteiger partial charge in [-0.05, 0) is 43.9 Å². The molecule has 1 aromatic carbocycles. The lowest BCUT2D eigenvalue weighted by Crippen LogP contribution is -2.36. The number of benzene rings is 1. The van der Waals surface area contributed by atoms with Gasteiger partial charge in [0.2, 0.25) is 0 Å². The molecule has 27 heavy (non-hydrogen) atoms. The van der Waals surface area contributed by atoms with E-state index in [4.69, 9.17) is 4.74 Å². The van der Waals surface area contributed by atoms with Crippen LogP contribution in [0.3, 0.4) is 0 Å². The number of hydrogen-bond acceptors (Lipinski definition) is 5. The minimum Gasteiger partial charge on any atom is -0.491 e. The Balaban J connectivity index is 1.64. The molecule has 0 unspecified atom stereocenters. The Labute approximate surface area is 161 Å². The molecule has 0 saturated carbocycles. The van der Waals surface area contributed by atoms with Crippen molar-refractivity contribution in [1.82, 2.24) is 14.7 Å². The number of ether oxygens (including phenoxy) is 1. The minimum absolute atomic E-state index is 0.112. The van der Waals surface area contributed by atoms with Crippen molar-refractivity contribution in [1.29, 1.82) is 0 Å². The summed E-state index contributed by atoms with van der Waals surface area (Å²) < 4.78 is 7.62. The number of rotatable bonds is 2. The average molecular weight is 373 g/mol. The van der Waals surface area contributed by atoms with Crippen LogP contribution >= 0.6 is 0 Å². The van der Waals surface area contributed by atoms with Crippen LogP contribution in [-0.4, -0.2) is 56.8 Å². The van der Waals surface area contributed by atoms with E-state index in [1.807, 2.05) is 42.3 Å². The maximum atomic E-state index is 10.4. The van der Waals surface area contributed by atoms with Crippen molar-refractivity contribution in [3.63, 3.8) is 0 Å². The van der Waals surface area contributed by atoms with Crippen molar-refractivity contribution in [2.45, 2.75) is 50.9 Å². The molecule has 2 heterocycles. The molecule has 1 aliphatic rings. The highest BCUT2D eigenvalue weighted by Crippen LogP contribution is 2.21. The molecular weight excluding hydrogens is 342 g/mol. The fourth-order valence-electron chi connectivity index (χ4n) is 3.55. The van der Waals surface area contributed by atoms with Crippen LogP contribution in [0.5, 0.6) is 5.75 Å². The molecule has 0 amide bonds. The maximum Gasteiger partial charge on any atom is 0.122 e. The number of para-hydroxylation sites is 1. The summed E-state index contributed by atoms with van der Waals surface area (Å²) in [6, 6.07) is 7.99. The largest absolute Gasteiger partial charge is 0.491 e. The van der Waals surface area contributed by atoms with Gasteiger partial charge in [0, 0.05) is 31.9 Å². The van der Waals surface area contributed by atoms with Gasteiger partial charge >= 0.3 is 0 Å². The molecule has 148 valence electrons. The van der Waals surface area contributed by atoms with Crippen molar-refractivity contribution in [3.05, 3.63) is 47.8 Å². The zero-order valence-electron chi connectivity index (χ0n) is 16.1. The van der Waals surface area contributed by atoms with Crippen LogP contribution in [0, 0.1) is 0 Å². The van der Waals surface area contributed by atoms with Gasteiger partial charge in [0.15, 0.2) is 0 Å². The first-order chi connectivity index (χ1) is 13.1. The van der Waals surface area contributed by atoms with E-state index in [0.717, 1.165) is 51.1 Å². The summed E-state index contributed by atoms with van der Waals surface area (Å²) >= 11 is 0. The summed E-state index contributed by atoms with van der Waals surface area (Å²) in [5, 5.41) is 24.9. The fraction of sp³-hybridized carbons (Fsp3) is 0.571. The maximum absolute atomic E-state index is 10.4. The van der Waals surface area contributed by atoms with Gasteiger partial charge in [-0.2, -0.15) is 5.10 Å². The SMILES string of the molecule is Cn1cc(CN2CCCCCc3ccccc3OC[C@@H](O)[C@@H](O)CC2)cn1. The van der Waals surface area contributed by atoms with Gasteiger partial charge in [-0.3, -0.25) is 9.58 Å². The Kier molecular flexibility index (Phi) is 7.26. The molecule has 1 aliphatic heterocycles. The Hall–Kier alpha value is -1.89. The van der Waals surface area contributed by atoms with E-state index in [0.29, 0.717) is 6.42 Å². The van der Waals surface area contributed by atoms with Gasteiger partial charge in [0.05, 0.1) is 12.3 Å². The van der Waals surface area contributed by atoms with Crippen LogP contribution in [0.2, 0.25) is 0 Å². The number of hydrogen-bond donors (Lipinski definition) is 2. The Morgan fingerprint density at radius 3 is 2.78 bits per heavy atom. The van der Waals surface area contributed by atoms with E-state index < -0.39 is 12.2 Å². The molecule has 0 bridgehead atoms. The molecule has 2 atom stereocenters. The molecule has 2 N–H and O–H groups in total. The van der Waals surface area contributed by atoms with Gasteiger partial charge in [0.25, 0.3) is 0 Å². The molecule has 3 rings (SSSR count). The molecule has 2 aromatic rings. The van der Waals surface area contributed by atoms with Crippen molar-refractivity contribution in [2.75, 3.05) is 19.7 Å². The Bertz CT molecular complexity index is 703. The topological polar surface area (TPSA) is 70.8 Å². The van der Waals surface area contributed by atoms with E-state index in [2.05, 4.69) is 16.1 Å². The number of nitrogens with zero attached hydrogens (tertiary/aromatic N) is 3. The molecule has 6 nitrogen and oxygen atoms in total. The van der Waals surface area contributed by atoms with E-state index in [1.165, 1.54) is 11.1 Å². The van der Waals surface area contributed by atoms with E-state index in [9.17, 15) is 10.2 Å². The second-order valence-electron chi connectivity index (χ2n) is 7.45. The molecule has 6 heteroatoms. The zero-order valence-corrected chi connectivity index (χ0v) is 16.1. The molecule has 1 aromatic heterocycles. The lowest BCUT2D eigenvalue weighted by molar-refractivity contribution is -0.0163. The molecule has 0 radical (unpaired) electrons. The lowest BCUT2D eigenvalue weighted by atomic mass is 10.0. The van der Waals surface area contributed by atoms with Crippen molar-refractivity contribution in [3.8, 4) is 5.75 Å². The molecule has 0 spiro atoms. The predicted molar refractivity (Wildman–Crippen MR) is 105 cm³/mol. The second-order valence-corrected chi connectivity index (χ2v) is 7.45. The summed E-state index contributed by atoms with van der Waals surface area (Å²) in [7, 11) is 1.92. The van der Waals surface area contributed by atoms with Crippen molar-refractivity contribution in [2.24, 2.45) is 7.05 Å². The normalized spacial score (nSPS) is 23.2. The van der Waals surface area contributed by atoms with Crippen molar-refractivity contribution >= 4 is 0 Å². The summed E-state index contributed by atoms with van der Waals surface area (Å²) in [6.07, 6.45) is 7.11. The number of aryl methyl sites for hydroxylation is 2. The predicted octanol–water partition coefficient (Wildman–Crippen LogP) is 2.14. The first-order valence-electron chi connectivity index (χ1n) is 9.88. The lowest BCUT2D eigenvalue weighted by Gasteiger charge is -2.25. The molecule has 0 fully saturated rings. The first-order valence-corrected chi connectivity index (χ1v) is 9.88. The van der Waals surface area contributed by atoms with Crippen molar-refractivity contribution < 1.29 is 14.9 Å². The number of aliphatic hydroxyl groups is 2. The quantitative estimate of drug-likeness (QED) is 0.844. The molecule has 0 saturated heterocycles. The number of aromatic nitrogens is 2. The summed E-state index contributed by atoms with van der Waals surface area (Å²) in [5.74, 6) is 0.819. The smallest absolute Gasteiger partial charge is 0.122 e. The standard InChI is InChI=1S/C21H31N3O3/c1-23-14-17(13-22-23)15-24-11-6-2-3-7-18-8-4-5-9-21(18)27-16-20(26)19(25)10-12-24/h4-5,8-9,13-14,19-20,25-26H,2-3,6-7,10-12,15-16H2,1H3/t19-,20+/m0/s1. The van der Waals surface area contributed by atoms with Crippen LogP contribution in [0.1, 0.15) is 36.8 Å². The van der Waals surface area contributed by atoms with Crippen LogP contribution in [0.15, 0.2) is 36.7 Å². The van der Waals surface area contributed by atoms with E-state index >= 15 is 0 Å². The van der Waals surface area contributed by atoms with Gasteiger partial charge in [-0.15, -0.1) is 0 Å². The van der Waals surface area contributed by atoms with Crippen LogP contribution in [0.4, 0.5) is 0 Å². The minimum atomic E-state index is -0.888. The fourth-order valence-corrected chi connectivity index (χ4v) is 3.55. The van der Waals surface area contributed by atoms with Gasteiger partial charge < -0.3 is 14.9 Å². The third-order valence-electron chi connectivity index (χ3n) is 5.15. The summed E-state index contributed by atoms with van der Waals surface area (Å²) in [5.41, 5.74) is 2.34. The number of fused-ring (bicyclic) bond motifs is 1. The number of aliphatic hydroxyl groups excluding tert-OH is 2. The zero-order chi connectivity index (χ0) is 19.1.